The van der Waals surface area contributed by atoms with Crippen molar-refractivity contribution >= 4 is 11.6 Å². The van der Waals surface area contributed by atoms with Gasteiger partial charge in [-0.1, -0.05) is 36.4 Å². The molecule has 0 aromatic heterocycles. The van der Waals surface area contributed by atoms with Crippen molar-refractivity contribution in [3.63, 3.8) is 0 Å². The lowest BCUT2D eigenvalue weighted by Crippen LogP contribution is -2.55. The molecule has 1 amide bonds. The summed E-state index contributed by atoms with van der Waals surface area (Å²) in [5.41, 5.74) is 2.33. The number of nitrogens with one attached hydrogen (secondary N) is 1. The molecular weight excluding hydrogens is 551 g/mol. The zero-order valence-corrected chi connectivity index (χ0v) is 23.1. The van der Waals surface area contributed by atoms with Gasteiger partial charge >= 0.3 is 6.18 Å². The molecule has 3 aromatic rings. The zero-order chi connectivity index (χ0) is 29.4. The van der Waals surface area contributed by atoms with Gasteiger partial charge in [0, 0.05) is 62.6 Å². The van der Waals surface area contributed by atoms with Crippen LogP contribution in [0.4, 0.5) is 27.6 Å². The van der Waals surface area contributed by atoms with Crippen LogP contribution in [0.15, 0.2) is 66.7 Å². The van der Waals surface area contributed by atoms with Gasteiger partial charge < -0.3 is 15.1 Å². The highest BCUT2D eigenvalue weighted by atomic mass is 19.4. The van der Waals surface area contributed by atoms with Gasteiger partial charge in [-0.05, 0) is 60.7 Å². The summed E-state index contributed by atoms with van der Waals surface area (Å²) >= 11 is 0. The number of nitrogens with zero attached hydrogens (tertiary/aromatic N) is 3. The van der Waals surface area contributed by atoms with Crippen LogP contribution in [0.1, 0.15) is 28.7 Å². The van der Waals surface area contributed by atoms with Crippen LogP contribution in [-0.2, 0) is 30.4 Å². The minimum atomic E-state index is -4.41. The molecule has 1 N–H and O–H groups in total. The average molecular weight is 585 g/mol. The van der Waals surface area contributed by atoms with Crippen LogP contribution in [0.2, 0.25) is 0 Å². The van der Waals surface area contributed by atoms with E-state index in [1.807, 2.05) is 21.9 Å². The summed E-state index contributed by atoms with van der Waals surface area (Å²) in [6, 6.07) is 17.0. The number of amides is 1. The van der Waals surface area contributed by atoms with Crippen molar-refractivity contribution in [2.24, 2.45) is 0 Å². The molecule has 10 heteroatoms. The molecule has 5 nitrogen and oxygen atoms in total. The van der Waals surface area contributed by atoms with Crippen molar-refractivity contribution in [3.05, 3.63) is 101 Å². The van der Waals surface area contributed by atoms with Gasteiger partial charge in [-0.25, -0.2) is 8.78 Å². The topological polar surface area (TPSA) is 38.8 Å². The van der Waals surface area contributed by atoms with Gasteiger partial charge in [-0.3, -0.25) is 9.69 Å². The molecule has 0 unspecified atom stereocenters. The van der Waals surface area contributed by atoms with Gasteiger partial charge in [-0.2, -0.15) is 13.2 Å². The number of alkyl halides is 3. The quantitative estimate of drug-likeness (QED) is 0.413. The molecule has 0 saturated carbocycles. The molecule has 2 aliphatic heterocycles. The maximum absolute atomic E-state index is 14.3. The first-order valence-corrected chi connectivity index (χ1v) is 14.4. The lowest BCUT2D eigenvalue weighted by Gasteiger charge is -2.39. The summed E-state index contributed by atoms with van der Waals surface area (Å²) in [5.74, 6) is -1.21. The van der Waals surface area contributed by atoms with E-state index in [1.54, 1.807) is 6.07 Å². The molecule has 0 radical (unpaired) electrons. The van der Waals surface area contributed by atoms with E-state index in [0.717, 1.165) is 25.0 Å². The number of rotatable bonds is 6. The number of piperazine rings is 1. The first kappa shape index (κ1) is 28.6. The van der Waals surface area contributed by atoms with Gasteiger partial charge in [0.05, 0.1) is 11.6 Å². The SMILES string of the molecule is O=C([C@@H]1C[C@H](NCc2c(F)cccc2F)CN1C1Cc2ccccc2C1)N1CCN(c2cccc(C(F)(F)F)c2)CC1. The maximum atomic E-state index is 14.3. The number of anilines is 1. The van der Waals surface area contributed by atoms with E-state index >= 15 is 0 Å². The smallest absolute Gasteiger partial charge is 0.368 e. The van der Waals surface area contributed by atoms with Gasteiger partial charge in [0.1, 0.15) is 11.6 Å². The van der Waals surface area contributed by atoms with E-state index in [-0.39, 0.29) is 30.1 Å². The van der Waals surface area contributed by atoms with Crippen LogP contribution >= 0.6 is 0 Å². The number of carbonyl (C=O) groups excluding carboxylic acids is 1. The predicted octanol–water partition coefficient (Wildman–Crippen LogP) is 5.03. The van der Waals surface area contributed by atoms with Crippen molar-refractivity contribution in [1.82, 2.24) is 15.1 Å². The Bertz CT molecular complexity index is 1390. The highest BCUT2D eigenvalue weighted by molar-refractivity contribution is 5.83. The Morgan fingerprint density at radius 2 is 1.50 bits per heavy atom. The number of halogens is 5. The predicted molar refractivity (Wildman–Crippen MR) is 150 cm³/mol. The largest absolute Gasteiger partial charge is 0.416 e. The van der Waals surface area contributed by atoms with Gasteiger partial charge in [0.2, 0.25) is 5.91 Å². The van der Waals surface area contributed by atoms with Crippen LogP contribution in [0.25, 0.3) is 0 Å². The third kappa shape index (κ3) is 5.87. The fourth-order valence-corrected chi connectivity index (χ4v) is 6.65. The molecule has 3 aliphatic rings. The van der Waals surface area contributed by atoms with Crippen molar-refractivity contribution in [3.8, 4) is 0 Å². The average Bonchev–Trinajstić information content (AvgIpc) is 3.61. The molecule has 42 heavy (non-hydrogen) atoms. The van der Waals surface area contributed by atoms with Crippen LogP contribution in [-0.4, -0.2) is 66.6 Å². The monoisotopic (exact) mass is 584 g/mol. The third-order valence-electron chi connectivity index (χ3n) is 8.88. The Morgan fingerprint density at radius 1 is 0.857 bits per heavy atom. The highest BCUT2D eigenvalue weighted by Crippen LogP contribution is 2.34. The van der Waals surface area contributed by atoms with Crippen molar-refractivity contribution in [2.75, 3.05) is 37.6 Å². The second kappa shape index (κ2) is 11.6. The van der Waals surface area contributed by atoms with Crippen molar-refractivity contribution in [2.45, 2.75) is 50.1 Å². The number of fused-ring (bicyclic) bond motifs is 1. The number of hydrogen-bond acceptors (Lipinski definition) is 4. The summed E-state index contributed by atoms with van der Waals surface area (Å²) in [6.45, 7) is 2.28. The molecule has 222 valence electrons. The van der Waals surface area contributed by atoms with Crippen LogP contribution in [0.3, 0.4) is 0 Å². The molecule has 1 aliphatic carbocycles. The standard InChI is InChI=1S/C32H33F5N4O/c33-28-9-4-10-29(34)27(28)19-38-24-18-30(41(20-24)26-15-21-5-1-2-6-22(21)16-26)31(42)40-13-11-39(12-14-40)25-8-3-7-23(17-25)32(35,36)37/h1-10,17,24,26,30,38H,11-16,18-20H2/t24-,30-/m0/s1. The summed E-state index contributed by atoms with van der Waals surface area (Å²) in [4.78, 5) is 19.9. The molecule has 2 heterocycles. The minimum absolute atomic E-state index is 0.00368. The molecule has 6 rings (SSSR count). The molecule has 0 bridgehead atoms. The summed E-state index contributed by atoms with van der Waals surface area (Å²) < 4.78 is 68.2. The third-order valence-corrected chi connectivity index (χ3v) is 8.88. The first-order valence-electron chi connectivity index (χ1n) is 14.4. The van der Waals surface area contributed by atoms with E-state index in [0.29, 0.717) is 44.8 Å². The van der Waals surface area contributed by atoms with Gasteiger partial charge in [0.15, 0.2) is 0 Å². The fourth-order valence-electron chi connectivity index (χ4n) is 6.65. The molecule has 3 aromatic carbocycles. The number of hydrogen-bond donors (Lipinski definition) is 1. The van der Waals surface area contributed by atoms with Crippen molar-refractivity contribution in [1.29, 1.82) is 0 Å². The normalized spacial score (nSPS) is 21.6. The Kier molecular flexibility index (Phi) is 7.93. The Morgan fingerprint density at radius 3 is 2.14 bits per heavy atom. The van der Waals surface area contributed by atoms with Gasteiger partial charge in [0.25, 0.3) is 0 Å². The maximum Gasteiger partial charge on any atom is 0.416 e. The Labute approximate surface area is 241 Å². The molecular formula is C32H33F5N4O. The molecule has 2 atom stereocenters. The lowest BCUT2D eigenvalue weighted by atomic mass is 10.1. The number of benzene rings is 3. The van der Waals surface area contributed by atoms with E-state index < -0.39 is 29.4 Å². The Hall–Kier alpha value is -3.50. The van der Waals surface area contributed by atoms with Gasteiger partial charge in [-0.15, -0.1) is 0 Å². The van der Waals surface area contributed by atoms with E-state index in [9.17, 15) is 26.7 Å². The fraction of sp³-hybridized carbons (Fsp3) is 0.406. The second-order valence-electron chi connectivity index (χ2n) is 11.4. The summed E-state index contributed by atoms with van der Waals surface area (Å²) in [7, 11) is 0. The number of likely N-dealkylation sites (tertiary alicyclic amines) is 1. The summed E-state index contributed by atoms with van der Waals surface area (Å²) in [5, 5.41) is 3.30. The second-order valence-corrected chi connectivity index (χ2v) is 11.4. The van der Waals surface area contributed by atoms with E-state index in [2.05, 4.69) is 22.3 Å². The Balaban J connectivity index is 1.15. The molecule has 2 saturated heterocycles. The minimum Gasteiger partial charge on any atom is -0.368 e. The van der Waals surface area contributed by atoms with Crippen molar-refractivity contribution < 1.29 is 26.7 Å². The number of carbonyl (C=O) groups is 1. The highest BCUT2D eigenvalue weighted by Gasteiger charge is 2.44. The first-order chi connectivity index (χ1) is 20.2. The van der Waals surface area contributed by atoms with E-state index in [4.69, 9.17) is 0 Å². The zero-order valence-electron chi connectivity index (χ0n) is 23.1. The van der Waals surface area contributed by atoms with Crippen LogP contribution < -0.4 is 10.2 Å². The molecule has 0 spiro atoms. The summed E-state index contributed by atoms with van der Waals surface area (Å²) in [6.07, 6.45) is -2.24. The van der Waals surface area contributed by atoms with Crippen LogP contribution in [0, 0.1) is 11.6 Å². The van der Waals surface area contributed by atoms with Crippen LogP contribution in [0.5, 0.6) is 0 Å². The lowest BCUT2D eigenvalue weighted by molar-refractivity contribution is -0.137. The van der Waals surface area contributed by atoms with E-state index in [1.165, 1.54) is 35.4 Å². The molecule has 2 fully saturated rings.